The van der Waals surface area contributed by atoms with Crippen molar-refractivity contribution in [2.45, 2.75) is 19.4 Å². The molecular formula is C19H22N6O2. The normalized spacial score (nSPS) is 14.7. The number of amides is 1. The Balaban J connectivity index is 1.45. The number of hydrogen-bond acceptors (Lipinski definition) is 5. The summed E-state index contributed by atoms with van der Waals surface area (Å²) in [6, 6.07) is 11.4. The predicted molar refractivity (Wildman–Crippen MR) is 101 cm³/mol. The van der Waals surface area contributed by atoms with Gasteiger partial charge in [-0.2, -0.15) is 10.2 Å². The standard InChI is InChI=1S/C19H22N6O2/c26-18(20-8-11-23-9-4-5-10-23)13-24-19(27)17-12-16(22-25(17)14-21-24)15-6-2-1-3-7-15/h1-3,6-7,12,14H,4-5,8-11,13H2,(H,20,26). The monoisotopic (exact) mass is 366 g/mol. The topological polar surface area (TPSA) is 84.5 Å². The second-order valence-corrected chi connectivity index (χ2v) is 6.72. The number of aromatic nitrogens is 4. The third kappa shape index (κ3) is 3.90. The zero-order valence-corrected chi connectivity index (χ0v) is 15.0. The van der Waals surface area contributed by atoms with E-state index in [1.165, 1.54) is 28.4 Å². The maximum atomic E-state index is 12.6. The van der Waals surface area contributed by atoms with Gasteiger partial charge in [-0.25, -0.2) is 9.20 Å². The highest BCUT2D eigenvalue weighted by molar-refractivity contribution is 5.75. The first-order valence-electron chi connectivity index (χ1n) is 9.21. The van der Waals surface area contributed by atoms with E-state index in [1.807, 2.05) is 30.3 Å². The fourth-order valence-corrected chi connectivity index (χ4v) is 3.35. The summed E-state index contributed by atoms with van der Waals surface area (Å²) in [5.74, 6) is -0.212. The molecule has 140 valence electrons. The maximum Gasteiger partial charge on any atom is 0.293 e. The first kappa shape index (κ1) is 17.4. The van der Waals surface area contributed by atoms with Crippen molar-refractivity contribution in [1.29, 1.82) is 0 Å². The molecule has 2 aromatic heterocycles. The molecule has 3 heterocycles. The number of hydrogen-bond donors (Lipinski definition) is 1. The molecule has 8 heteroatoms. The van der Waals surface area contributed by atoms with Gasteiger partial charge in [-0.1, -0.05) is 30.3 Å². The molecule has 0 unspecified atom stereocenters. The van der Waals surface area contributed by atoms with Gasteiger partial charge in [0, 0.05) is 18.7 Å². The maximum absolute atomic E-state index is 12.6. The highest BCUT2D eigenvalue weighted by Crippen LogP contribution is 2.17. The number of carbonyl (C=O) groups excluding carboxylic acids is 1. The van der Waals surface area contributed by atoms with Crippen molar-refractivity contribution in [3.05, 3.63) is 53.1 Å². The van der Waals surface area contributed by atoms with Crippen molar-refractivity contribution in [3.63, 3.8) is 0 Å². The largest absolute Gasteiger partial charge is 0.353 e. The van der Waals surface area contributed by atoms with Crippen LogP contribution in [-0.2, 0) is 11.3 Å². The lowest BCUT2D eigenvalue weighted by molar-refractivity contribution is -0.121. The molecule has 8 nitrogen and oxygen atoms in total. The molecule has 0 bridgehead atoms. The van der Waals surface area contributed by atoms with Gasteiger partial charge in [0.1, 0.15) is 18.4 Å². The minimum atomic E-state index is -0.332. The lowest BCUT2D eigenvalue weighted by atomic mass is 10.1. The summed E-state index contributed by atoms with van der Waals surface area (Å²) in [5.41, 5.74) is 1.68. The molecule has 0 radical (unpaired) electrons. The average molecular weight is 366 g/mol. The fourth-order valence-electron chi connectivity index (χ4n) is 3.35. The summed E-state index contributed by atoms with van der Waals surface area (Å²) in [5, 5.41) is 11.3. The average Bonchev–Trinajstić information content (AvgIpc) is 3.35. The van der Waals surface area contributed by atoms with E-state index in [2.05, 4.69) is 20.4 Å². The smallest absolute Gasteiger partial charge is 0.293 e. The van der Waals surface area contributed by atoms with E-state index in [-0.39, 0.29) is 18.0 Å². The number of rotatable bonds is 6. The third-order valence-corrected chi connectivity index (χ3v) is 4.80. The summed E-state index contributed by atoms with van der Waals surface area (Å²) in [4.78, 5) is 27.1. The zero-order valence-electron chi connectivity index (χ0n) is 15.0. The lowest BCUT2D eigenvalue weighted by Crippen LogP contribution is -2.38. The Morgan fingerprint density at radius 2 is 1.93 bits per heavy atom. The van der Waals surface area contributed by atoms with Gasteiger partial charge < -0.3 is 10.2 Å². The fraction of sp³-hybridized carbons (Fsp3) is 0.368. The van der Waals surface area contributed by atoms with Crippen LogP contribution in [0, 0.1) is 0 Å². The molecule has 1 fully saturated rings. The Bertz CT molecular complexity index is 988. The van der Waals surface area contributed by atoms with Crippen molar-refractivity contribution in [3.8, 4) is 11.3 Å². The molecule has 0 aliphatic carbocycles. The second kappa shape index (κ2) is 7.71. The van der Waals surface area contributed by atoms with E-state index in [4.69, 9.17) is 0 Å². The lowest BCUT2D eigenvalue weighted by Gasteiger charge is -2.14. The molecule has 1 aliphatic heterocycles. The number of carbonyl (C=O) groups is 1. The van der Waals surface area contributed by atoms with E-state index < -0.39 is 0 Å². The highest BCUT2D eigenvalue weighted by Gasteiger charge is 2.13. The van der Waals surface area contributed by atoms with Crippen LogP contribution in [0.25, 0.3) is 16.8 Å². The van der Waals surface area contributed by atoms with Crippen molar-refractivity contribution >= 4 is 11.4 Å². The van der Waals surface area contributed by atoms with Crippen LogP contribution in [0.2, 0.25) is 0 Å². The Labute approximate surface area is 156 Å². The molecule has 0 spiro atoms. The minimum absolute atomic E-state index is 0.0960. The van der Waals surface area contributed by atoms with E-state index in [9.17, 15) is 9.59 Å². The van der Waals surface area contributed by atoms with Gasteiger partial charge in [0.15, 0.2) is 0 Å². The van der Waals surface area contributed by atoms with Crippen LogP contribution in [0.3, 0.4) is 0 Å². The minimum Gasteiger partial charge on any atom is -0.353 e. The van der Waals surface area contributed by atoms with Crippen LogP contribution in [0.4, 0.5) is 0 Å². The van der Waals surface area contributed by atoms with Crippen molar-refractivity contribution in [1.82, 2.24) is 29.6 Å². The second-order valence-electron chi connectivity index (χ2n) is 6.72. The van der Waals surface area contributed by atoms with Crippen LogP contribution in [0.5, 0.6) is 0 Å². The third-order valence-electron chi connectivity index (χ3n) is 4.80. The van der Waals surface area contributed by atoms with Crippen molar-refractivity contribution in [2.24, 2.45) is 0 Å². The van der Waals surface area contributed by atoms with Crippen molar-refractivity contribution < 1.29 is 4.79 Å². The molecular weight excluding hydrogens is 344 g/mol. The molecule has 1 aliphatic rings. The van der Waals surface area contributed by atoms with E-state index in [0.717, 1.165) is 25.2 Å². The van der Waals surface area contributed by atoms with E-state index >= 15 is 0 Å². The highest BCUT2D eigenvalue weighted by atomic mass is 16.2. The van der Waals surface area contributed by atoms with Gasteiger partial charge in [0.05, 0.1) is 5.69 Å². The molecule has 27 heavy (non-hydrogen) atoms. The molecule has 1 saturated heterocycles. The molecule has 1 aromatic carbocycles. The number of fused-ring (bicyclic) bond motifs is 1. The van der Waals surface area contributed by atoms with Crippen LogP contribution < -0.4 is 10.9 Å². The number of nitrogens with one attached hydrogen (secondary N) is 1. The molecule has 3 aromatic rings. The van der Waals surface area contributed by atoms with Crippen LogP contribution in [0.1, 0.15) is 12.8 Å². The Kier molecular flexibility index (Phi) is 4.97. The SMILES string of the molecule is O=C(Cn1ncn2nc(-c3ccccc3)cc2c1=O)NCCN1CCCC1. The predicted octanol–water partition coefficient (Wildman–Crippen LogP) is 0.770. The number of nitrogens with zero attached hydrogens (tertiary/aromatic N) is 5. The van der Waals surface area contributed by atoms with Crippen molar-refractivity contribution in [2.75, 3.05) is 26.2 Å². The Morgan fingerprint density at radius 1 is 1.15 bits per heavy atom. The van der Waals surface area contributed by atoms with Gasteiger partial charge in [-0.3, -0.25) is 9.59 Å². The van der Waals surface area contributed by atoms with Gasteiger partial charge >= 0.3 is 0 Å². The van der Waals surface area contributed by atoms with Crippen LogP contribution in [-0.4, -0.2) is 56.4 Å². The van der Waals surface area contributed by atoms with Gasteiger partial charge in [-0.15, -0.1) is 0 Å². The summed E-state index contributed by atoms with van der Waals surface area (Å²) in [7, 11) is 0. The van der Waals surface area contributed by atoms with Crippen LogP contribution in [0.15, 0.2) is 47.5 Å². The van der Waals surface area contributed by atoms with Gasteiger partial charge in [-0.05, 0) is 32.0 Å². The molecule has 4 rings (SSSR count). The Morgan fingerprint density at radius 3 is 2.70 bits per heavy atom. The molecule has 1 N–H and O–H groups in total. The van der Waals surface area contributed by atoms with E-state index in [0.29, 0.717) is 17.8 Å². The number of benzene rings is 1. The van der Waals surface area contributed by atoms with Gasteiger partial charge in [0.2, 0.25) is 5.91 Å². The summed E-state index contributed by atoms with van der Waals surface area (Å²) in [6.45, 7) is 3.52. The van der Waals surface area contributed by atoms with E-state index in [1.54, 1.807) is 6.07 Å². The number of likely N-dealkylation sites (tertiary alicyclic amines) is 1. The summed E-state index contributed by atoms with van der Waals surface area (Å²) in [6.07, 6.45) is 3.91. The quantitative estimate of drug-likeness (QED) is 0.697. The first-order chi connectivity index (χ1) is 13.2. The van der Waals surface area contributed by atoms with Crippen LogP contribution >= 0.6 is 0 Å². The van der Waals surface area contributed by atoms with Gasteiger partial charge in [0.25, 0.3) is 5.56 Å². The first-order valence-corrected chi connectivity index (χ1v) is 9.21. The molecule has 0 atom stereocenters. The molecule has 1 amide bonds. The zero-order chi connectivity index (χ0) is 18.6. The molecule has 0 saturated carbocycles. The summed E-state index contributed by atoms with van der Waals surface area (Å²) >= 11 is 0. The summed E-state index contributed by atoms with van der Waals surface area (Å²) < 4.78 is 2.63. The Hall–Kier alpha value is -3.00.